The van der Waals surface area contributed by atoms with Crippen molar-refractivity contribution >= 4 is 39.0 Å². The van der Waals surface area contributed by atoms with E-state index in [0.29, 0.717) is 28.3 Å². The number of methoxy groups -OCH3 is 1. The van der Waals surface area contributed by atoms with E-state index in [1.165, 1.54) is 11.3 Å². The predicted octanol–water partition coefficient (Wildman–Crippen LogP) is 5.50. The number of esters is 1. The van der Waals surface area contributed by atoms with Crippen LogP contribution in [0.2, 0.25) is 0 Å². The molecule has 1 amide bonds. The fourth-order valence-corrected chi connectivity index (χ4v) is 6.03. The SMILES string of the molecule is CCOC(=O)c1c(NC(=O)c2cc3ccccc3cc2OC)sc2c1CC(C)(C)NC2(C)C. The standard InChI is InChI=1S/C26H30N2O4S/c1-7-32-24(30)20-18-14-25(2,3)28-26(4,5)21(18)33-23(20)27-22(29)17-12-15-10-8-9-11-16(15)13-19(17)31-6/h8-13,28H,7,14H2,1-6H3,(H,27,29). The first kappa shape index (κ1) is 23.3. The Hall–Kier alpha value is -2.90. The molecule has 2 heterocycles. The van der Waals surface area contributed by atoms with E-state index in [2.05, 4.69) is 38.3 Å². The van der Waals surface area contributed by atoms with Crippen molar-refractivity contribution in [3.63, 3.8) is 0 Å². The largest absolute Gasteiger partial charge is 0.496 e. The van der Waals surface area contributed by atoms with Gasteiger partial charge in [0.25, 0.3) is 5.91 Å². The minimum atomic E-state index is -0.413. The lowest BCUT2D eigenvalue weighted by atomic mass is 9.81. The van der Waals surface area contributed by atoms with Crippen molar-refractivity contribution in [2.24, 2.45) is 0 Å². The summed E-state index contributed by atoms with van der Waals surface area (Å²) in [6.07, 6.45) is 0.658. The first-order valence-electron chi connectivity index (χ1n) is 11.1. The van der Waals surface area contributed by atoms with Crippen molar-refractivity contribution in [2.75, 3.05) is 19.0 Å². The van der Waals surface area contributed by atoms with Gasteiger partial charge in [-0.05, 0) is 69.5 Å². The summed E-state index contributed by atoms with van der Waals surface area (Å²) in [4.78, 5) is 27.5. The highest BCUT2D eigenvalue weighted by molar-refractivity contribution is 7.17. The Morgan fingerprint density at radius 1 is 1.12 bits per heavy atom. The average molecular weight is 467 g/mol. The molecule has 33 heavy (non-hydrogen) atoms. The molecular formula is C26H30N2O4S. The molecule has 1 aliphatic rings. The number of thiophene rings is 1. The number of carbonyl (C=O) groups is 2. The van der Waals surface area contributed by atoms with Gasteiger partial charge in [0.1, 0.15) is 10.8 Å². The summed E-state index contributed by atoms with van der Waals surface area (Å²) in [6, 6.07) is 11.5. The lowest BCUT2D eigenvalue weighted by Gasteiger charge is -2.42. The topological polar surface area (TPSA) is 76.7 Å². The van der Waals surface area contributed by atoms with E-state index in [0.717, 1.165) is 21.2 Å². The molecule has 2 aromatic carbocycles. The Morgan fingerprint density at radius 3 is 2.42 bits per heavy atom. The van der Waals surface area contributed by atoms with E-state index in [9.17, 15) is 9.59 Å². The molecule has 0 saturated heterocycles. The van der Waals surface area contributed by atoms with Gasteiger partial charge in [0.15, 0.2) is 0 Å². The molecule has 1 aliphatic heterocycles. The third kappa shape index (κ3) is 4.35. The first-order chi connectivity index (χ1) is 15.6. The molecule has 0 atom stereocenters. The number of anilines is 1. The molecule has 0 unspecified atom stereocenters. The van der Waals surface area contributed by atoms with E-state index in [1.54, 1.807) is 14.0 Å². The molecule has 2 N–H and O–H groups in total. The molecule has 3 aromatic rings. The van der Waals surface area contributed by atoms with E-state index in [-0.39, 0.29) is 23.6 Å². The number of benzene rings is 2. The molecule has 7 heteroatoms. The highest BCUT2D eigenvalue weighted by Gasteiger charge is 2.42. The van der Waals surface area contributed by atoms with Crippen LogP contribution in [0.4, 0.5) is 5.00 Å². The van der Waals surface area contributed by atoms with Crippen LogP contribution in [0.25, 0.3) is 10.8 Å². The molecule has 6 nitrogen and oxygen atoms in total. The Bertz CT molecular complexity index is 1240. The maximum atomic E-state index is 13.4. The fourth-order valence-electron chi connectivity index (χ4n) is 4.77. The smallest absolute Gasteiger partial charge is 0.341 e. The molecule has 0 aliphatic carbocycles. The van der Waals surface area contributed by atoms with Crippen molar-refractivity contribution in [3.05, 3.63) is 58.0 Å². The number of nitrogens with one attached hydrogen (secondary N) is 2. The van der Waals surface area contributed by atoms with E-state index >= 15 is 0 Å². The Morgan fingerprint density at radius 2 is 1.79 bits per heavy atom. The zero-order chi connectivity index (χ0) is 24.0. The second-order valence-electron chi connectivity index (χ2n) is 9.50. The summed E-state index contributed by atoms with van der Waals surface area (Å²) in [5, 5.41) is 9.08. The van der Waals surface area contributed by atoms with Crippen LogP contribution in [0.5, 0.6) is 5.75 Å². The minimum Gasteiger partial charge on any atom is -0.496 e. The van der Waals surface area contributed by atoms with Gasteiger partial charge in [-0.15, -0.1) is 11.3 Å². The van der Waals surface area contributed by atoms with Gasteiger partial charge in [-0.2, -0.15) is 0 Å². The van der Waals surface area contributed by atoms with Crippen LogP contribution in [0.15, 0.2) is 36.4 Å². The molecule has 174 valence electrons. The van der Waals surface area contributed by atoms with Gasteiger partial charge >= 0.3 is 5.97 Å². The van der Waals surface area contributed by atoms with Crippen LogP contribution in [0, 0.1) is 0 Å². The summed E-state index contributed by atoms with van der Waals surface area (Å²) in [6.45, 7) is 10.5. The molecule has 0 fully saturated rings. The van der Waals surface area contributed by atoms with Crippen molar-refractivity contribution in [2.45, 2.75) is 52.1 Å². The van der Waals surface area contributed by atoms with Crippen molar-refractivity contribution < 1.29 is 19.1 Å². The van der Waals surface area contributed by atoms with Crippen LogP contribution in [-0.4, -0.2) is 31.1 Å². The Balaban J connectivity index is 1.80. The van der Waals surface area contributed by atoms with E-state index < -0.39 is 5.97 Å². The number of fused-ring (bicyclic) bond motifs is 2. The highest BCUT2D eigenvalue weighted by atomic mass is 32.1. The van der Waals surface area contributed by atoms with Gasteiger partial charge in [0, 0.05) is 16.0 Å². The molecule has 0 saturated carbocycles. The van der Waals surface area contributed by atoms with Gasteiger partial charge in [0.2, 0.25) is 0 Å². The lowest BCUT2D eigenvalue weighted by molar-refractivity contribution is 0.0525. The van der Waals surface area contributed by atoms with Crippen LogP contribution in [-0.2, 0) is 16.7 Å². The van der Waals surface area contributed by atoms with Crippen molar-refractivity contribution in [1.82, 2.24) is 5.32 Å². The van der Waals surface area contributed by atoms with Gasteiger partial charge in [-0.1, -0.05) is 24.3 Å². The number of ether oxygens (including phenoxy) is 2. The van der Waals surface area contributed by atoms with E-state index in [4.69, 9.17) is 9.47 Å². The number of rotatable bonds is 5. The monoisotopic (exact) mass is 466 g/mol. The van der Waals surface area contributed by atoms with Crippen molar-refractivity contribution in [1.29, 1.82) is 0 Å². The maximum Gasteiger partial charge on any atom is 0.341 e. The third-order valence-corrected chi connectivity index (χ3v) is 7.33. The van der Waals surface area contributed by atoms with Crippen molar-refractivity contribution in [3.8, 4) is 5.75 Å². The fraction of sp³-hybridized carbons (Fsp3) is 0.385. The summed E-state index contributed by atoms with van der Waals surface area (Å²) in [7, 11) is 1.55. The summed E-state index contributed by atoms with van der Waals surface area (Å²) in [5.41, 5.74) is 1.24. The van der Waals surface area contributed by atoms with Gasteiger partial charge in [-0.25, -0.2) is 4.79 Å². The molecule has 0 radical (unpaired) electrons. The second kappa shape index (κ2) is 8.47. The van der Waals surface area contributed by atoms with E-state index in [1.807, 2.05) is 36.4 Å². The quantitative estimate of drug-likeness (QED) is 0.486. The Labute approximate surface area is 198 Å². The highest BCUT2D eigenvalue weighted by Crippen LogP contribution is 2.45. The molecule has 4 rings (SSSR count). The number of amides is 1. The van der Waals surface area contributed by atoms with Gasteiger partial charge < -0.3 is 20.1 Å². The normalized spacial score (nSPS) is 16.2. The lowest BCUT2D eigenvalue weighted by Crippen LogP contribution is -2.55. The Kier molecular flexibility index (Phi) is 5.97. The number of hydrogen-bond donors (Lipinski definition) is 2. The number of carbonyl (C=O) groups excluding carboxylic acids is 2. The molecular weight excluding hydrogens is 436 g/mol. The first-order valence-corrected chi connectivity index (χ1v) is 11.9. The summed E-state index contributed by atoms with van der Waals surface area (Å²) >= 11 is 1.43. The van der Waals surface area contributed by atoms with Crippen LogP contribution < -0.4 is 15.4 Å². The average Bonchev–Trinajstić information content (AvgIpc) is 3.09. The van der Waals surface area contributed by atoms with Gasteiger partial charge in [-0.3, -0.25) is 4.79 Å². The summed E-state index contributed by atoms with van der Waals surface area (Å²) in [5.74, 6) is -0.260. The zero-order valence-corrected chi connectivity index (χ0v) is 20.7. The zero-order valence-electron chi connectivity index (χ0n) is 19.9. The minimum absolute atomic E-state index is 0.207. The third-order valence-electron chi connectivity index (χ3n) is 5.86. The van der Waals surface area contributed by atoms with Crippen LogP contribution in [0.3, 0.4) is 0 Å². The molecule has 1 aromatic heterocycles. The maximum absolute atomic E-state index is 13.4. The number of hydrogen-bond acceptors (Lipinski definition) is 6. The van der Waals surface area contributed by atoms with Gasteiger partial charge in [0.05, 0.1) is 24.8 Å². The summed E-state index contributed by atoms with van der Waals surface area (Å²) < 4.78 is 10.9. The second-order valence-corrected chi connectivity index (χ2v) is 10.5. The van der Waals surface area contributed by atoms with Crippen LogP contribution >= 0.6 is 11.3 Å². The molecule has 0 spiro atoms. The van der Waals surface area contributed by atoms with Crippen LogP contribution in [0.1, 0.15) is 65.8 Å². The predicted molar refractivity (Wildman–Crippen MR) is 133 cm³/mol. The molecule has 0 bridgehead atoms.